The molecule has 0 amide bonds. The van der Waals surface area contributed by atoms with Crippen molar-refractivity contribution in [1.82, 2.24) is 0 Å². The molecular weight excluding hydrogens is 272 g/mol. The molecule has 4 aliphatic carbocycles. The van der Waals surface area contributed by atoms with Crippen LogP contribution in [0.25, 0.3) is 0 Å². The summed E-state index contributed by atoms with van der Waals surface area (Å²) in [5.41, 5.74) is 2.01. The van der Waals surface area contributed by atoms with Gasteiger partial charge in [0.25, 0.3) is 0 Å². The van der Waals surface area contributed by atoms with E-state index in [1.54, 1.807) is 5.57 Å². The third-order valence-electron chi connectivity index (χ3n) is 8.36. The second-order valence-corrected chi connectivity index (χ2v) is 9.36. The van der Waals surface area contributed by atoms with Gasteiger partial charge in [0.2, 0.25) is 0 Å². The molecule has 3 fully saturated rings. The van der Waals surface area contributed by atoms with E-state index in [2.05, 4.69) is 26.8 Å². The number of aliphatic hydroxyl groups is 2. The van der Waals surface area contributed by atoms with Crippen molar-refractivity contribution < 1.29 is 10.2 Å². The molecule has 4 rings (SSSR count). The molecule has 0 spiro atoms. The van der Waals surface area contributed by atoms with E-state index in [9.17, 15) is 10.2 Å². The Labute approximate surface area is 135 Å². The highest BCUT2D eigenvalue weighted by molar-refractivity contribution is 5.25. The highest BCUT2D eigenvalue weighted by atomic mass is 16.3. The molecule has 0 aliphatic heterocycles. The molecular formula is C20H32O2. The molecule has 0 radical (unpaired) electrons. The number of hydrogen-bond donors (Lipinski definition) is 2. The molecule has 2 nitrogen and oxygen atoms in total. The van der Waals surface area contributed by atoms with Crippen LogP contribution in [0.5, 0.6) is 0 Å². The van der Waals surface area contributed by atoms with Gasteiger partial charge in [0.15, 0.2) is 0 Å². The minimum Gasteiger partial charge on any atom is -0.393 e. The first kappa shape index (κ1) is 15.2. The van der Waals surface area contributed by atoms with Gasteiger partial charge in [-0.05, 0) is 79.4 Å². The monoisotopic (exact) mass is 304 g/mol. The molecule has 8 atom stereocenters. The summed E-state index contributed by atoms with van der Waals surface area (Å²) in [6.07, 6.45) is 10.1. The second kappa shape index (κ2) is 4.83. The molecule has 0 bridgehead atoms. The number of fused-ring (bicyclic) bond motifs is 5. The van der Waals surface area contributed by atoms with Gasteiger partial charge in [0.05, 0.1) is 12.2 Å². The molecule has 0 aromatic carbocycles. The zero-order chi connectivity index (χ0) is 15.7. The molecule has 0 saturated heterocycles. The van der Waals surface area contributed by atoms with Crippen LogP contribution in [0.1, 0.15) is 65.7 Å². The van der Waals surface area contributed by atoms with E-state index in [1.807, 2.05) is 0 Å². The number of aliphatic hydroxyl groups excluding tert-OH is 2. The van der Waals surface area contributed by atoms with Crippen molar-refractivity contribution in [3.05, 3.63) is 11.6 Å². The van der Waals surface area contributed by atoms with E-state index in [0.29, 0.717) is 17.3 Å². The summed E-state index contributed by atoms with van der Waals surface area (Å²) in [4.78, 5) is 0. The Balaban J connectivity index is 1.68. The summed E-state index contributed by atoms with van der Waals surface area (Å²) < 4.78 is 0. The van der Waals surface area contributed by atoms with Gasteiger partial charge in [0, 0.05) is 0 Å². The fourth-order valence-corrected chi connectivity index (χ4v) is 6.98. The summed E-state index contributed by atoms with van der Waals surface area (Å²) in [7, 11) is 0. The zero-order valence-corrected chi connectivity index (χ0v) is 14.4. The SMILES string of the molecule is C[C@H]1C[C@H]2[C@@H]3CC=C4C[C@@H](O)CC[C@]4(C)[C@H]3CC[C@]2(C)[C@H]1O. The van der Waals surface area contributed by atoms with Gasteiger partial charge in [-0.15, -0.1) is 0 Å². The number of hydrogen-bond acceptors (Lipinski definition) is 2. The van der Waals surface area contributed by atoms with Crippen molar-refractivity contribution >= 4 is 0 Å². The third kappa shape index (κ3) is 1.86. The minimum atomic E-state index is -0.113. The molecule has 0 unspecified atom stereocenters. The number of rotatable bonds is 0. The van der Waals surface area contributed by atoms with Gasteiger partial charge in [-0.2, -0.15) is 0 Å². The normalized spacial score (nSPS) is 57.6. The average molecular weight is 304 g/mol. The predicted molar refractivity (Wildman–Crippen MR) is 88.3 cm³/mol. The topological polar surface area (TPSA) is 40.5 Å². The lowest BCUT2D eigenvalue weighted by atomic mass is 9.48. The first-order valence-electron chi connectivity index (χ1n) is 9.42. The largest absolute Gasteiger partial charge is 0.393 e. The van der Waals surface area contributed by atoms with Crippen LogP contribution in [0.4, 0.5) is 0 Å². The first-order valence-corrected chi connectivity index (χ1v) is 9.42. The smallest absolute Gasteiger partial charge is 0.0622 e. The predicted octanol–water partition coefficient (Wildman–Crippen LogP) is 3.92. The fourth-order valence-electron chi connectivity index (χ4n) is 6.98. The summed E-state index contributed by atoms with van der Waals surface area (Å²) in [5.74, 6) is 2.68. The van der Waals surface area contributed by atoms with Crippen LogP contribution >= 0.6 is 0 Å². The van der Waals surface area contributed by atoms with Crippen molar-refractivity contribution in [2.24, 2.45) is 34.5 Å². The zero-order valence-electron chi connectivity index (χ0n) is 14.4. The Kier molecular flexibility index (Phi) is 3.34. The summed E-state index contributed by atoms with van der Waals surface area (Å²) in [6.45, 7) is 7.07. The Morgan fingerprint density at radius 3 is 2.64 bits per heavy atom. The molecule has 22 heavy (non-hydrogen) atoms. The fraction of sp³-hybridized carbons (Fsp3) is 0.900. The average Bonchev–Trinajstić information content (AvgIpc) is 2.72. The summed E-state index contributed by atoms with van der Waals surface area (Å²) in [5, 5.41) is 20.8. The molecule has 2 heteroatoms. The lowest BCUT2D eigenvalue weighted by Crippen LogP contribution is -2.51. The number of allylic oxidation sites excluding steroid dienone is 1. The Morgan fingerprint density at radius 2 is 1.86 bits per heavy atom. The van der Waals surface area contributed by atoms with Crippen LogP contribution in [-0.4, -0.2) is 22.4 Å². The van der Waals surface area contributed by atoms with Crippen LogP contribution in [-0.2, 0) is 0 Å². The molecule has 124 valence electrons. The van der Waals surface area contributed by atoms with E-state index in [4.69, 9.17) is 0 Å². The Hall–Kier alpha value is -0.340. The van der Waals surface area contributed by atoms with Gasteiger partial charge >= 0.3 is 0 Å². The lowest BCUT2D eigenvalue weighted by molar-refractivity contribution is -0.0744. The molecule has 3 saturated carbocycles. The molecule has 0 aromatic heterocycles. The minimum absolute atomic E-state index is 0.107. The summed E-state index contributed by atoms with van der Waals surface area (Å²) >= 11 is 0. The van der Waals surface area contributed by atoms with E-state index in [-0.39, 0.29) is 17.6 Å². The third-order valence-corrected chi connectivity index (χ3v) is 8.36. The van der Waals surface area contributed by atoms with Gasteiger partial charge in [0.1, 0.15) is 0 Å². The summed E-state index contributed by atoms with van der Waals surface area (Å²) in [6, 6.07) is 0. The maximum atomic E-state index is 10.7. The van der Waals surface area contributed by atoms with Crippen molar-refractivity contribution in [1.29, 1.82) is 0 Å². The van der Waals surface area contributed by atoms with Crippen LogP contribution in [0.2, 0.25) is 0 Å². The van der Waals surface area contributed by atoms with Crippen LogP contribution < -0.4 is 0 Å². The van der Waals surface area contributed by atoms with Crippen LogP contribution in [0, 0.1) is 34.5 Å². The molecule has 4 aliphatic rings. The van der Waals surface area contributed by atoms with E-state index in [0.717, 1.165) is 31.1 Å². The second-order valence-electron chi connectivity index (χ2n) is 9.36. The van der Waals surface area contributed by atoms with E-state index < -0.39 is 0 Å². The van der Waals surface area contributed by atoms with E-state index in [1.165, 1.54) is 25.7 Å². The van der Waals surface area contributed by atoms with Gasteiger partial charge in [-0.25, -0.2) is 0 Å². The molecule has 0 heterocycles. The lowest BCUT2D eigenvalue weighted by Gasteiger charge is -2.57. The van der Waals surface area contributed by atoms with Gasteiger partial charge in [-0.3, -0.25) is 0 Å². The Bertz CT molecular complexity index is 498. The van der Waals surface area contributed by atoms with Crippen molar-refractivity contribution in [3.8, 4) is 0 Å². The highest BCUT2D eigenvalue weighted by Crippen LogP contribution is 2.65. The van der Waals surface area contributed by atoms with Crippen molar-refractivity contribution in [2.75, 3.05) is 0 Å². The standard InChI is InChI=1S/C20H32O2/c1-12-10-17-15-5-4-13-11-14(21)6-8-19(13,2)16(15)7-9-20(17,3)18(12)22/h4,12,14-18,21-22H,5-11H2,1-3H3/t12-,14-,15+,16-,17-,18-,19-,20-/m0/s1. The van der Waals surface area contributed by atoms with E-state index >= 15 is 0 Å². The van der Waals surface area contributed by atoms with Crippen molar-refractivity contribution in [3.63, 3.8) is 0 Å². The molecule has 2 N–H and O–H groups in total. The van der Waals surface area contributed by atoms with Crippen molar-refractivity contribution in [2.45, 2.75) is 77.9 Å². The van der Waals surface area contributed by atoms with Crippen LogP contribution in [0.3, 0.4) is 0 Å². The molecule has 0 aromatic rings. The van der Waals surface area contributed by atoms with Gasteiger partial charge < -0.3 is 10.2 Å². The van der Waals surface area contributed by atoms with Gasteiger partial charge in [-0.1, -0.05) is 32.4 Å². The first-order chi connectivity index (χ1) is 10.4. The highest BCUT2D eigenvalue weighted by Gasteiger charge is 2.59. The Morgan fingerprint density at radius 1 is 1.09 bits per heavy atom. The maximum absolute atomic E-state index is 10.7. The quantitative estimate of drug-likeness (QED) is 0.666. The maximum Gasteiger partial charge on any atom is 0.0622 e. The van der Waals surface area contributed by atoms with Crippen LogP contribution in [0.15, 0.2) is 11.6 Å².